The highest BCUT2D eigenvalue weighted by Crippen LogP contribution is 2.34. The van der Waals surface area contributed by atoms with Crippen LogP contribution in [0.4, 0.5) is 5.69 Å². The summed E-state index contributed by atoms with van der Waals surface area (Å²) >= 11 is 11.9. The Bertz CT molecular complexity index is 786. The Balaban J connectivity index is 2.00. The van der Waals surface area contributed by atoms with Gasteiger partial charge in [0.05, 0.1) is 17.8 Å². The van der Waals surface area contributed by atoms with Crippen molar-refractivity contribution in [2.75, 3.05) is 12.8 Å². The fourth-order valence-electron chi connectivity index (χ4n) is 2.16. The smallest absolute Gasteiger partial charge is 0.328 e. The molecule has 138 valence electrons. The van der Waals surface area contributed by atoms with Crippen molar-refractivity contribution >= 4 is 40.8 Å². The Kier molecular flexibility index (Phi) is 6.71. The summed E-state index contributed by atoms with van der Waals surface area (Å²) in [6.45, 7) is 1.76. The lowest BCUT2D eigenvalue weighted by Crippen LogP contribution is -2.39. The molecule has 0 spiro atoms. The largest absolute Gasteiger partial charge is 0.485 e. The van der Waals surface area contributed by atoms with Crippen LogP contribution >= 0.6 is 23.2 Å². The van der Waals surface area contributed by atoms with Gasteiger partial charge in [-0.1, -0.05) is 35.3 Å². The predicted octanol–water partition coefficient (Wildman–Crippen LogP) is 3.45. The molecule has 0 fully saturated rings. The van der Waals surface area contributed by atoms with E-state index in [1.54, 1.807) is 43.3 Å². The molecule has 2 aromatic rings. The molecule has 0 radical (unpaired) electrons. The average Bonchev–Trinajstić information content (AvgIpc) is 2.60. The van der Waals surface area contributed by atoms with Gasteiger partial charge in [0.25, 0.3) is 5.91 Å². The maximum absolute atomic E-state index is 12.1. The van der Waals surface area contributed by atoms with Gasteiger partial charge < -0.3 is 20.5 Å². The number of carbonyl (C=O) groups is 2. The first-order chi connectivity index (χ1) is 12.3. The van der Waals surface area contributed by atoms with Gasteiger partial charge in [0, 0.05) is 10.6 Å². The molecule has 0 aromatic heterocycles. The number of hydrogen-bond donors (Lipinski definition) is 2. The Morgan fingerprint density at radius 1 is 1.19 bits per heavy atom. The van der Waals surface area contributed by atoms with Crippen LogP contribution in [0.5, 0.6) is 5.75 Å². The number of carbonyl (C=O) groups excluding carboxylic acids is 2. The van der Waals surface area contributed by atoms with Crippen LogP contribution in [0.3, 0.4) is 0 Å². The van der Waals surface area contributed by atoms with Crippen molar-refractivity contribution in [1.82, 2.24) is 5.32 Å². The molecular weight excluding hydrogens is 379 g/mol. The van der Waals surface area contributed by atoms with Crippen molar-refractivity contribution in [1.29, 1.82) is 0 Å². The van der Waals surface area contributed by atoms with Gasteiger partial charge in [-0.05, 0) is 36.8 Å². The number of hydrogen-bond acceptors (Lipinski definition) is 5. The lowest BCUT2D eigenvalue weighted by atomic mass is 10.1. The third-order valence-electron chi connectivity index (χ3n) is 3.54. The standard InChI is InChI=1S/C18H18Cl2N2O4/c1-10(18(24)25-2)22-17(23)12-5-3-11(4-6-12)9-26-16-14(20)7-13(19)8-15(16)21/h3-8,10H,9,21H2,1-2H3,(H,22,23)/t10-/m0/s1. The summed E-state index contributed by atoms with van der Waals surface area (Å²) in [5.41, 5.74) is 7.41. The second-order valence-electron chi connectivity index (χ2n) is 5.51. The number of esters is 1. The summed E-state index contributed by atoms with van der Waals surface area (Å²) in [7, 11) is 1.26. The molecule has 0 saturated carbocycles. The molecule has 3 N–H and O–H groups in total. The molecule has 0 aliphatic heterocycles. The van der Waals surface area contributed by atoms with E-state index in [1.807, 2.05) is 0 Å². The Labute approximate surface area is 161 Å². The van der Waals surface area contributed by atoms with Crippen molar-refractivity contribution in [3.05, 3.63) is 57.6 Å². The van der Waals surface area contributed by atoms with Crippen LogP contribution in [0.25, 0.3) is 0 Å². The van der Waals surface area contributed by atoms with Crippen LogP contribution in [0.15, 0.2) is 36.4 Å². The lowest BCUT2D eigenvalue weighted by molar-refractivity contribution is -0.142. The van der Waals surface area contributed by atoms with E-state index in [0.29, 0.717) is 27.0 Å². The van der Waals surface area contributed by atoms with Crippen LogP contribution in [0.1, 0.15) is 22.8 Å². The van der Waals surface area contributed by atoms with Gasteiger partial charge in [-0.15, -0.1) is 0 Å². The molecular formula is C18H18Cl2N2O4. The minimum absolute atomic E-state index is 0.214. The molecule has 2 rings (SSSR count). The van der Waals surface area contributed by atoms with Gasteiger partial charge in [-0.2, -0.15) is 0 Å². The van der Waals surface area contributed by atoms with Gasteiger partial charge in [-0.25, -0.2) is 4.79 Å². The van der Waals surface area contributed by atoms with Crippen LogP contribution in [0.2, 0.25) is 10.0 Å². The number of benzene rings is 2. The van der Waals surface area contributed by atoms with Crippen molar-refractivity contribution in [3.63, 3.8) is 0 Å². The maximum atomic E-state index is 12.1. The quantitative estimate of drug-likeness (QED) is 0.576. The number of anilines is 1. The zero-order valence-electron chi connectivity index (χ0n) is 14.2. The summed E-state index contributed by atoms with van der Waals surface area (Å²) in [5, 5.41) is 3.30. The first-order valence-corrected chi connectivity index (χ1v) is 8.42. The third-order valence-corrected chi connectivity index (χ3v) is 4.04. The number of nitrogens with one attached hydrogen (secondary N) is 1. The maximum Gasteiger partial charge on any atom is 0.328 e. The second-order valence-corrected chi connectivity index (χ2v) is 6.35. The van der Waals surface area contributed by atoms with Crippen LogP contribution in [-0.2, 0) is 16.1 Å². The average molecular weight is 397 g/mol. The van der Waals surface area contributed by atoms with Gasteiger partial charge in [0.2, 0.25) is 0 Å². The highest BCUT2D eigenvalue weighted by molar-refractivity contribution is 6.36. The van der Waals surface area contributed by atoms with E-state index in [2.05, 4.69) is 10.1 Å². The molecule has 26 heavy (non-hydrogen) atoms. The third kappa shape index (κ3) is 5.03. The minimum atomic E-state index is -0.731. The predicted molar refractivity (Wildman–Crippen MR) is 101 cm³/mol. The van der Waals surface area contributed by atoms with E-state index in [-0.39, 0.29) is 12.5 Å². The van der Waals surface area contributed by atoms with E-state index < -0.39 is 12.0 Å². The number of nitrogens with two attached hydrogens (primary N) is 1. The van der Waals surface area contributed by atoms with E-state index in [4.69, 9.17) is 33.7 Å². The molecule has 1 atom stereocenters. The molecule has 0 bridgehead atoms. The normalized spacial score (nSPS) is 11.5. The van der Waals surface area contributed by atoms with Gasteiger partial charge >= 0.3 is 5.97 Å². The number of amides is 1. The number of halogens is 2. The molecule has 0 unspecified atom stereocenters. The minimum Gasteiger partial charge on any atom is -0.485 e. The molecule has 6 nitrogen and oxygen atoms in total. The number of ether oxygens (including phenoxy) is 2. The topological polar surface area (TPSA) is 90.6 Å². The molecule has 0 aliphatic carbocycles. The van der Waals surface area contributed by atoms with Gasteiger partial charge in [0.1, 0.15) is 12.6 Å². The molecule has 0 aliphatic rings. The van der Waals surface area contributed by atoms with Crippen molar-refractivity contribution in [3.8, 4) is 5.75 Å². The summed E-state index contributed by atoms with van der Waals surface area (Å²) in [6, 6.07) is 9.10. The van der Waals surface area contributed by atoms with Gasteiger partial charge in [0.15, 0.2) is 5.75 Å². The van der Waals surface area contributed by atoms with Crippen LogP contribution in [0, 0.1) is 0 Å². The second kappa shape index (κ2) is 8.78. The monoisotopic (exact) mass is 396 g/mol. The summed E-state index contributed by atoms with van der Waals surface area (Å²) in [5.74, 6) is -0.536. The Morgan fingerprint density at radius 3 is 2.42 bits per heavy atom. The fourth-order valence-corrected chi connectivity index (χ4v) is 2.72. The van der Waals surface area contributed by atoms with Crippen LogP contribution in [-0.4, -0.2) is 25.0 Å². The number of methoxy groups -OCH3 is 1. The summed E-state index contributed by atoms with van der Waals surface area (Å²) < 4.78 is 10.2. The highest BCUT2D eigenvalue weighted by atomic mass is 35.5. The summed E-state index contributed by atoms with van der Waals surface area (Å²) in [6.07, 6.45) is 0. The molecule has 0 heterocycles. The number of nitrogen functional groups attached to an aromatic ring is 1. The highest BCUT2D eigenvalue weighted by Gasteiger charge is 2.16. The van der Waals surface area contributed by atoms with E-state index >= 15 is 0 Å². The zero-order chi connectivity index (χ0) is 19.3. The zero-order valence-corrected chi connectivity index (χ0v) is 15.7. The van der Waals surface area contributed by atoms with Crippen molar-refractivity contribution in [2.24, 2.45) is 0 Å². The first kappa shape index (κ1) is 19.9. The van der Waals surface area contributed by atoms with E-state index in [9.17, 15) is 9.59 Å². The Morgan fingerprint density at radius 2 is 1.85 bits per heavy atom. The van der Waals surface area contributed by atoms with E-state index in [1.165, 1.54) is 7.11 Å². The first-order valence-electron chi connectivity index (χ1n) is 7.66. The van der Waals surface area contributed by atoms with E-state index in [0.717, 1.165) is 5.56 Å². The molecule has 1 amide bonds. The van der Waals surface area contributed by atoms with Crippen molar-refractivity contribution in [2.45, 2.75) is 19.6 Å². The van der Waals surface area contributed by atoms with Crippen molar-refractivity contribution < 1.29 is 19.1 Å². The molecule has 2 aromatic carbocycles. The fraction of sp³-hybridized carbons (Fsp3) is 0.222. The molecule has 8 heteroatoms. The molecule has 0 saturated heterocycles. The van der Waals surface area contributed by atoms with Crippen LogP contribution < -0.4 is 15.8 Å². The SMILES string of the molecule is COC(=O)[C@H](C)NC(=O)c1ccc(COc2c(N)cc(Cl)cc2Cl)cc1. The number of rotatable bonds is 6. The van der Waals surface area contributed by atoms with Gasteiger partial charge in [-0.3, -0.25) is 4.79 Å². The summed E-state index contributed by atoms with van der Waals surface area (Å²) in [4.78, 5) is 23.4. The Hall–Kier alpha value is -2.44. The lowest BCUT2D eigenvalue weighted by Gasteiger charge is -2.13.